The third-order valence-corrected chi connectivity index (χ3v) is 4.33. The Morgan fingerprint density at radius 1 is 1.42 bits per heavy atom. The Bertz CT molecular complexity index is 783. The normalized spacial score (nSPS) is 12.6. The summed E-state index contributed by atoms with van der Waals surface area (Å²) in [6.07, 6.45) is 2.79. The number of rotatable bonds is 6. The molecule has 0 saturated heterocycles. The lowest BCUT2D eigenvalue weighted by Gasteiger charge is -2.16. The Labute approximate surface area is 149 Å². The van der Waals surface area contributed by atoms with Gasteiger partial charge in [-0.15, -0.1) is 0 Å². The Morgan fingerprint density at radius 2 is 2.08 bits per heavy atom. The zero-order chi connectivity index (χ0) is 18.0. The predicted molar refractivity (Wildman–Crippen MR) is 95.4 cm³/mol. The molecule has 2 heterocycles. The number of pyridine rings is 1. The van der Waals surface area contributed by atoms with Crippen LogP contribution in [0.5, 0.6) is 0 Å². The number of carbonyl (C=O) groups is 2. The van der Waals surface area contributed by atoms with Crippen LogP contribution >= 0.6 is 15.9 Å². The molecule has 0 bridgehead atoms. The van der Waals surface area contributed by atoms with Crippen molar-refractivity contribution >= 4 is 33.5 Å². The second-order valence-electron chi connectivity index (χ2n) is 6.31. The van der Waals surface area contributed by atoms with Crippen LogP contribution < -0.4 is 5.32 Å². The third kappa shape index (κ3) is 3.77. The van der Waals surface area contributed by atoms with Crippen LogP contribution in [0.3, 0.4) is 0 Å². The van der Waals surface area contributed by atoms with Gasteiger partial charge in [-0.2, -0.15) is 0 Å². The molecule has 1 unspecified atom stereocenters. The van der Waals surface area contributed by atoms with Crippen molar-refractivity contribution in [2.24, 2.45) is 5.92 Å². The van der Waals surface area contributed by atoms with Gasteiger partial charge in [0.25, 0.3) is 5.91 Å². The highest BCUT2D eigenvalue weighted by Gasteiger charge is 2.26. The standard InChI is InChI=1S/C17H22BrN3O3/c1-5-12-14(16(22)20-13(17(23)24)6-9(2)3)21-8-10(4)7-11(18)15(21)19-12/h7-9,13H,5-6H2,1-4H3,(H,20,22)(H,23,24). The molecule has 0 aliphatic heterocycles. The number of hydrogen-bond donors (Lipinski definition) is 2. The van der Waals surface area contributed by atoms with Crippen molar-refractivity contribution in [3.05, 3.63) is 33.7 Å². The summed E-state index contributed by atoms with van der Waals surface area (Å²) in [4.78, 5) is 28.7. The fraction of sp³-hybridized carbons (Fsp3) is 0.471. The number of halogens is 1. The van der Waals surface area contributed by atoms with E-state index >= 15 is 0 Å². The summed E-state index contributed by atoms with van der Waals surface area (Å²) >= 11 is 3.47. The van der Waals surface area contributed by atoms with Crippen LogP contribution in [0.25, 0.3) is 5.65 Å². The van der Waals surface area contributed by atoms with Crippen molar-refractivity contribution in [2.45, 2.75) is 46.6 Å². The molecule has 0 radical (unpaired) electrons. The van der Waals surface area contributed by atoms with E-state index in [0.717, 1.165) is 10.0 Å². The molecule has 1 amide bonds. The van der Waals surface area contributed by atoms with Gasteiger partial charge in [-0.25, -0.2) is 9.78 Å². The first-order valence-electron chi connectivity index (χ1n) is 7.95. The molecule has 1 atom stereocenters. The van der Waals surface area contributed by atoms with Gasteiger partial charge < -0.3 is 10.4 Å². The van der Waals surface area contributed by atoms with Gasteiger partial charge in [0, 0.05) is 6.20 Å². The molecule has 0 aliphatic carbocycles. The monoisotopic (exact) mass is 395 g/mol. The molecule has 130 valence electrons. The minimum atomic E-state index is -1.03. The van der Waals surface area contributed by atoms with Crippen LogP contribution in [-0.2, 0) is 11.2 Å². The molecule has 0 fully saturated rings. The smallest absolute Gasteiger partial charge is 0.326 e. The molecular weight excluding hydrogens is 374 g/mol. The summed E-state index contributed by atoms with van der Waals surface area (Å²) in [6.45, 7) is 7.70. The zero-order valence-electron chi connectivity index (χ0n) is 14.3. The highest BCUT2D eigenvalue weighted by molar-refractivity contribution is 9.10. The maximum absolute atomic E-state index is 12.8. The van der Waals surface area contributed by atoms with E-state index in [4.69, 9.17) is 0 Å². The number of imidazole rings is 1. The largest absolute Gasteiger partial charge is 0.480 e. The van der Waals surface area contributed by atoms with E-state index in [9.17, 15) is 14.7 Å². The number of fused-ring (bicyclic) bond motifs is 1. The van der Waals surface area contributed by atoms with Crippen LogP contribution in [0, 0.1) is 12.8 Å². The van der Waals surface area contributed by atoms with Gasteiger partial charge in [0.05, 0.1) is 10.2 Å². The topological polar surface area (TPSA) is 83.7 Å². The summed E-state index contributed by atoms with van der Waals surface area (Å²) in [5.41, 5.74) is 2.66. The van der Waals surface area contributed by atoms with Crippen molar-refractivity contribution < 1.29 is 14.7 Å². The van der Waals surface area contributed by atoms with Gasteiger partial charge in [0.2, 0.25) is 0 Å². The maximum Gasteiger partial charge on any atom is 0.326 e. The second-order valence-corrected chi connectivity index (χ2v) is 7.17. The Balaban J connectivity index is 2.46. The van der Waals surface area contributed by atoms with Crippen molar-refractivity contribution in [1.82, 2.24) is 14.7 Å². The zero-order valence-corrected chi connectivity index (χ0v) is 15.8. The number of hydrogen-bond acceptors (Lipinski definition) is 3. The van der Waals surface area contributed by atoms with E-state index < -0.39 is 17.9 Å². The molecule has 0 spiro atoms. The lowest BCUT2D eigenvalue weighted by molar-refractivity contribution is -0.139. The molecule has 0 aromatic carbocycles. The molecule has 6 nitrogen and oxygen atoms in total. The summed E-state index contributed by atoms with van der Waals surface area (Å²) in [7, 11) is 0. The van der Waals surface area contributed by atoms with Crippen LogP contribution in [0.4, 0.5) is 0 Å². The number of carboxylic acid groups (broad SMARTS) is 1. The molecule has 0 saturated carbocycles. The van der Waals surface area contributed by atoms with Crippen molar-refractivity contribution in [1.29, 1.82) is 0 Å². The fourth-order valence-electron chi connectivity index (χ4n) is 2.69. The number of nitrogens with one attached hydrogen (secondary N) is 1. The fourth-order valence-corrected chi connectivity index (χ4v) is 3.33. The lowest BCUT2D eigenvalue weighted by Crippen LogP contribution is -2.42. The van der Waals surface area contributed by atoms with Gasteiger partial charge in [-0.05, 0) is 53.2 Å². The molecular formula is C17H22BrN3O3. The molecule has 0 aliphatic rings. The van der Waals surface area contributed by atoms with Crippen molar-refractivity contribution in [3.8, 4) is 0 Å². The van der Waals surface area contributed by atoms with Gasteiger partial charge in [0.1, 0.15) is 11.7 Å². The first-order chi connectivity index (χ1) is 11.2. The molecule has 2 N–H and O–H groups in total. The van der Waals surface area contributed by atoms with E-state index in [2.05, 4.69) is 26.2 Å². The molecule has 7 heteroatoms. The number of carboxylic acids is 1. The van der Waals surface area contributed by atoms with Crippen LogP contribution in [0.2, 0.25) is 0 Å². The van der Waals surface area contributed by atoms with Crippen LogP contribution in [0.1, 0.15) is 48.9 Å². The number of aryl methyl sites for hydroxylation is 2. The minimum Gasteiger partial charge on any atom is -0.480 e. The molecule has 2 aromatic rings. The predicted octanol–water partition coefficient (Wildman–Crippen LogP) is 3.20. The average Bonchev–Trinajstić information content (AvgIpc) is 2.84. The second kappa shape index (κ2) is 7.34. The summed E-state index contributed by atoms with van der Waals surface area (Å²) in [5, 5.41) is 12.0. The van der Waals surface area contributed by atoms with E-state index in [1.807, 2.05) is 40.0 Å². The minimum absolute atomic E-state index is 0.163. The Morgan fingerprint density at radius 3 is 2.62 bits per heavy atom. The number of aromatic nitrogens is 2. The molecule has 2 rings (SSSR count). The van der Waals surface area contributed by atoms with Gasteiger partial charge in [-0.1, -0.05) is 20.8 Å². The number of aliphatic carboxylic acids is 1. The quantitative estimate of drug-likeness (QED) is 0.786. The first-order valence-corrected chi connectivity index (χ1v) is 8.74. The maximum atomic E-state index is 12.8. The van der Waals surface area contributed by atoms with E-state index in [1.54, 1.807) is 4.40 Å². The van der Waals surface area contributed by atoms with Crippen LogP contribution in [-0.4, -0.2) is 32.4 Å². The van der Waals surface area contributed by atoms with Gasteiger partial charge >= 0.3 is 5.97 Å². The average molecular weight is 396 g/mol. The van der Waals surface area contributed by atoms with Crippen LogP contribution in [0.15, 0.2) is 16.7 Å². The number of nitrogens with zero attached hydrogens (tertiary/aromatic N) is 2. The van der Waals surface area contributed by atoms with Gasteiger partial charge in [-0.3, -0.25) is 9.20 Å². The molecule has 2 aromatic heterocycles. The summed E-state index contributed by atoms with van der Waals surface area (Å²) in [6, 6.07) is 1.02. The summed E-state index contributed by atoms with van der Waals surface area (Å²) in [5.74, 6) is -1.28. The van der Waals surface area contributed by atoms with E-state index in [1.165, 1.54) is 0 Å². The van der Waals surface area contributed by atoms with E-state index in [-0.39, 0.29) is 5.92 Å². The third-order valence-electron chi connectivity index (χ3n) is 3.74. The van der Waals surface area contributed by atoms with Gasteiger partial charge in [0.15, 0.2) is 5.65 Å². The Hall–Kier alpha value is -1.89. The Kier molecular flexibility index (Phi) is 5.64. The highest BCUT2D eigenvalue weighted by atomic mass is 79.9. The molecule has 24 heavy (non-hydrogen) atoms. The lowest BCUT2D eigenvalue weighted by atomic mass is 10.0. The number of amides is 1. The SMILES string of the molecule is CCc1nc2c(Br)cc(C)cn2c1C(=O)NC(CC(C)C)C(=O)O. The van der Waals surface area contributed by atoms with Crippen molar-refractivity contribution in [3.63, 3.8) is 0 Å². The van der Waals surface area contributed by atoms with E-state index in [0.29, 0.717) is 29.9 Å². The summed E-state index contributed by atoms with van der Waals surface area (Å²) < 4.78 is 2.52. The van der Waals surface area contributed by atoms with Crippen molar-refractivity contribution in [2.75, 3.05) is 0 Å². The highest BCUT2D eigenvalue weighted by Crippen LogP contribution is 2.23. The number of carbonyl (C=O) groups excluding carboxylic acids is 1. The first kappa shape index (κ1) is 18.4.